The van der Waals surface area contributed by atoms with Crippen molar-refractivity contribution in [3.05, 3.63) is 77.8 Å². The topological polar surface area (TPSA) is 46.6 Å². The van der Waals surface area contributed by atoms with Gasteiger partial charge in [-0.15, -0.1) is 0 Å². The Balaban J connectivity index is 1.41. The molecule has 0 radical (unpaired) electrons. The lowest BCUT2D eigenvalue weighted by Gasteiger charge is -2.36. The third-order valence-corrected chi connectivity index (χ3v) is 6.03. The monoisotopic (exact) mass is 356 g/mol. The maximum absolute atomic E-state index is 5.52. The van der Waals surface area contributed by atoms with Gasteiger partial charge in [0.15, 0.2) is 11.4 Å². The van der Waals surface area contributed by atoms with Crippen LogP contribution in [-0.4, -0.2) is 25.5 Å². The molecule has 2 aliphatic heterocycles. The smallest absolute Gasteiger partial charge is 0.155 e. The molecule has 1 aromatic carbocycles. The lowest BCUT2D eigenvalue weighted by molar-refractivity contribution is 0.165. The minimum atomic E-state index is 0.437. The van der Waals surface area contributed by atoms with Gasteiger partial charge >= 0.3 is 0 Å². The van der Waals surface area contributed by atoms with Gasteiger partial charge in [0.05, 0.1) is 12.0 Å². The van der Waals surface area contributed by atoms with Crippen LogP contribution in [0.4, 0.5) is 0 Å². The first kappa shape index (κ1) is 15.2. The van der Waals surface area contributed by atoms with E-state index in [1.807, 2.05) is 22.7 Å². The van der Waals surface area contributed by atoms with E-state index in [-0.39, 0.29) is 0 Å². The van der Waals surface area contributed by atoms with E-state index in [0.29, 0.717) is 12.1 Å². The summed E-state index contributed by atoms with van der Waals surface area (Å²) >= 11 is 0. The lowest BCUT2D eigenvalue weighted by atomic mass is 9.98. The molecule has 134 valence electrons. The fraction of sp³-hybridized carbons (Fsp3) is 0.273. The molecule has 3 aromatic heterocycles. The Kier molecular flexibility index (Phi) is 3.25. The van der Waals surface area contributed by atoms with Gasteiger partial charge in [-0.3, -0.25) is 4.90 Å². The summed E-state index contributed by atoms with van der Waals surface area (Å²) in [7, 11) is 0. The van der Waals surface area contributed by atoms with Crippen LogP contribution in [0.2, 0.25) is 0 Å². The molecule has 2 bridgehead atoms. The molecule has 2 aliphatic rings. The highest BCUT2D eigenvalue weighted by molar-refractivity contribution is 5.59. The molecular formula is C22H20N4O. The molecule has 0 aliphatic carbocycles. The largest absolute Gasteiger partial charge is 0.463 e. The van der Waals surface area contributed by atoms with Gasteiger partial charge in [-0.1, -0.05) is 30.3 Å². The summed E-state index contributed by atoms with van der Waals surface area (Å²) in [6.45, 7) is 1.00. The third-order valence-electron chi connectivity index (χ3n) is 6.03. The summed E-state index contributed by atoms with van der Waals surface area (Å²) in [6, 6.07) is 17.6. The second-order valence-corrected chi connectivity index (χ2v) is 7.55. The first-order chi connectivity index (χ1) is 13.4. The van der Waals surface area contributed by atoms with Gasteiger partial charge in [0.2, 0.25) is 0 Å². The van der Waals surface area contributed by atoms with E-state index in [4.69, 9.17) is 14.5 Å². The molecule has 1 fully saturated rings. The fourth-order valence-electron chi connectivity index (χ4n) is 4.77. The molecule has 4 aromatic rings. The van der Waals surface area contributed by atoms with Gasteiger partial charge in [-0.05, 0) is 30.5 Å². The number of aromatic nitrogens is 3. The van der Waals surface area contributed by atoms with Crippen LogP contribution in [0.1, 0.15) is 35.7 Å². The van der Waals surface area contributed by atoms with Crippen LogP contribution in [0.25, 0.3) is 17.1 Å². The van der Waals surface area contributed by atoms with Crippen LogP contribution in [0.15, 0.2) is 65.4 Å². The maximum Gasteiger partial charge on any atom is 0.155 e. The Labute approximate surface area is 157 Å². The number of hydrogen-bond acceptors (Lipinski definition) is 4. The molecule has 5 heterocycles. The van der Waals surface area contributed by atoms with E-state index >= 15 is 0 Å². The molecule has 2 atom stereocenters. The first-order valence-electron chi connectivity index (χ1n) is 9.58. The van der Waals surface area contributed by atoms with E-state index in [1.165, 1.54) is 29.7 Å². The average Bonchev–Trinajstić information content (AvgIpc) is 3.41. The number of rotatable bonds is 3. The Morgan fingerprint density at radius 3 is 2.85 bits per heavy atom. The van der Waals surface area contributed by atoms with Crippen molar-refractivity contribution in [3.8, 4) is 11.5 Å². The predicted octanol–water partition coefficient (Wildman–Crippen LogP) is 4.25. The summed E-state index contributed by atoms with van der Waals surface area (Å²) in [4.78, 5) is 7.37. The Morgan fingerprint density at radius 2 is 2.00 bits per heavy atom. The molecular weight excluding hydrogens is 336 g/mol. The molecule has 1 saturated heterocycles. The van der Waals surface area contributed by atoms with Gasteiger partial charge in [-0.25, -0.2) is 9.50 Å². The summed E-state index contributed by atoms with van der Waals surface area (Å²) < 4.78 is 7.56. The normalized spacial score (nSPS) is 21.6. The van der Waals surface area contributed by atoms with Crippen LogP contribution in [-0.2, 0) is 13.0 Å². The van der Waals surface area contributed by atoms with Crippen LogP contribution in [0.5, 0.6) is 0 Å². The number of fused-ring (bicyclic) bond motifs is 6. The summed E-state index contributed by atoms with van der Waals surface area (Å²) in [5.41, 5.74) is 5.78. The zero-order valence-corrected chi connectivity index (χ0v) is 15.0. The standard InChI is InChI=1S/C22H20N4O/c1-2-5-15(6-3-1)14-25-16-8-9-19(25)17-13-23-22-12-18(21-7-4-10-27-21)24-26(22)20(17)11-16/h1-7,10,12-13,16,19H,8-9,11,14H2/t16-,19-/m0/s1. The average molecular weight is 356 g/mol. The van der Waals surface area contributed by atoms with E-state index in [9.17, 15) is 0 Å². The molecule has 5 heteroatoms. The summed E-state index contributed by atoms with van der Waals surface area (Å²) in [6.07, 6.45) is 7.22. The van der Waals surface area contributed by atoms with E-state index in [1.54, 1.807) is 6.26 Å². The van der Waals surface area contributed by atoms with Gasteiger partial charge in [0.25, 0.3) is 0 Å². The van der Waals surface area contributed by atoms with Crippen molar-refractivity contribution in [1.29, 1.82) is 0 Å². The molecule has 5 nitrogen and oxygen atoms in total. The Hall–Kier alpha value is -2.92. The first-order valence-corrected chi connectivity index (χ1v) is 9.58. The van der Waals surface area contributed by atoms with E-state index < -0.39 is 0 Å². The van der Waals surface area contributed by atoms with E-state index in [0.717, 1.165) is 30.1 Å². The maximum atomic E-state index is 5.52. The highest BCUT2D eigenvalue weighted by atomic mass is 16.3. The molecule has 0 spiro atoms. The van der Waals surface area contributed by atoms with Crippen molar-refractivity contribution in [3.63, 3.8) is 0 Å². The highest BCUT2D eigenvalue weighted by Gasteiger charge is 2.41. The van der Waals surface area contributed by atoms with Crippen molar-refractivity contribution >= 4 is 5.65 Å². The molecule has 0 amide bonds. The summed E-state index contributed by atoms with van der Waals surface area (Å²) in [5, 5.41) is 4.82. The molecule has 6 rings (SSSR count). The minimum Gasteiger partial charge on any atom is -0.463 e. The Morgan fingerprint density at radius 1 is 1.07 bits per heavy atom. The molecule has 0 unspecified atom stereocenters. The van der Waals surface area contributed by atoms with Gasteiger partial charge < -0.3 is 4.42 Å². The van der Waals surface area contributed by atoms with Gasteiger partial charge in [0.1, 0.15) is 5.69 Å². The second-order valence-electron chi connectivity index (χ2n) is 7.55. The fourth-order valence-corrected chi connectivity index (χ4v) is 4.77. The van der Waals surface area contributed by atoms with Crippen molar-refractivity contribution in [1.82, 2.24) is 19.5 Å². The predicted molar refractivity (Wildman–Crippen MR) is 102 cm³/mol. The highest BCUT2D eigenvalue weighted by Crippen LogP contribution is 2.44. The zero-order valence-electron chi connectivity index (χ0n) is 15.0. The number of nitrogens with zero attached hydrogens (tertiary/aromatic N) is 4. The number of hydrogen-bond donors (Lipinski definition) is 0. The second kappa shape index (κ2) is 5.79. The SMILES string of the molecule is c1ccc(CN2[C@H]3CC[C@H]2c2cnc4cc(-c5ccco5)nn4c2C3)cc1. The van der Waals surface area contributed by atoms with Crippen LogP contribution in [0, 0.1) is 0 Å². The Bertz CT molecular complexity index is 1100. The zero-order chi connectivity index (χ0) is 17.8. The molecule has 0 N–H and O–H groups in total. The van der Waals surface area contributed by atoms with Crippen molar-refractivity contribution < 1.29 is 4.42 Å². The number of benzene rings is 1. The van der Waals surface area contributed by atoms with Gasteiger partial charge in [-0.2, -0.15) is 5.10 Å². The summed E-state index contributed by atoms with van der Waals surface area (Å²) in [5.74, 6) is 0.790. The number of furan rings is 1. The molecule has 27 heavy (non-hydrogen) atoms. The minimum absolute atomic E-state index is 0.437. The third kappa shape index (κ3) is 2.35. The quantitative estimate of drug-likeness (QED) is 0.550. The van der Waals surface area contributed by atoms with Crippen molar-refractivity contribution in [2.45, 2.75) is 37.9 Å². The van der Waals surface area contributed by atoms with Crippen molar-refractivity contribution in [2.24, 2.45) is 0 Å². The van der Waals surface area contributed by atoms with Crippen LogP contribution >= 0.6 is 0 Å². The lowest BCUT2D eigenvalue weighted by Crippen LogP contribution is -2.38. The van der Waals surface area contributed by atoms with Crippen LogP contribution in [0.3, 0.4) is 0 Å². The van der Waals surface area contributed by atoms with Crippen molar-refractivity contribution in [2.75, 3.05) is 0 Å². The van der Waals surface area contributed by atoms with E-state index in [2.05, 4.69) is 41.4 Å². The molecule has 0 saturated carbocycles. The van der Waals surface area contributed by atoms with Crippen LogP contribution < -0.4 is 0 Å². The van der Waals surface area contributed by atoms with Gasteiger partial charge in [0, 0.05) is 42.9 Å².